The third kappa shape index (κ3) is 1.29. The first kappa shape index (κ1) is 9.36. The van der Waals surface area contributed by atoms with Gasteiger partial charge in [-0.15, -0.1) is 0 Å². The van der Waals surface area contributed by atoms with Crippen molar-refractivity contribution in [2.75, 3.05) is 7.11 Å². The summed E-state index contributed by atoms with van der Waals surface area (Å²) in [6.45, 7) is 0.589. The van der Waals surface area contributed by atoms with Crippen molar-refractivity contribution in [3.8, 4) is 0 Å². The van der Waals surface area contributed by atoms with Gasteiger partial charge in [0.1, 0.15) is 0 Å². The molecule has 0 saturated heterocycles. The van der Waals surface area contributed by atoms with Crippen LogP contribution in [-0.4, -0.2) is 17.1 Å². The summed E-state index contributed by atoms with van der Waals surface area (Å²) in [6, 6.07) is 8.27. The van der Waals surface area contributed by atoms with Crippen LogP contribution in [0.5, 0.6) is 0 Å². The van der Waals surface area contributed by atoms with Crippen molar-refractivity contribution in [1.82, 2.24) is 9.97 Å². The molecule has 16 heavy (non-hydrogen) atoms. The Morgan fingerprint density at radius 1 is 1.19 bits per heavy atom. The van der Waals surface area contributed by atoms with E-state index >= 15 is 0 Å². The minimum Gasteiger partial charge on any atom is -0.380 e. The first-order valence-electron chi connectivity index (χ1n) is 5.22. The Labute approximate surface area is 93.1 Å². The number of rotatable bonds is 2. The van der Waals surface area contributed by atoms with Gasteiger partial charge in [0.05, 0.1) is 18.3 Å². The van der Waals surface area contributed by atoms with Crippen LogP contribution in [0.15, 0.2) is 36.7 Å². The summed E-state index contributed by atoms with van der Waals surface area (Å²) < 4.78 is 5.20. The molecule has 0 bridgehead atoms. The van der Waals surface area contributed by atoms with E-state index in [-0.39, 0.29) is 0 Å². The zero-order valence-corrected chi connectivity index (χ0v) is 9.03. The molecule has 3 rings (SSSR count). The molecular formula is C13H12N2O. The van der Waals surface area contributed by atoms with Gasteiger partial charge in [-0.1, -0.05) is 18.2 Å². The lowest BCUT2D eigenvalue weighted by molar-refractivity contribution is 0.186. The fraction of sp³-hybridized carbons (Fsp3) is 0.154. The van der Waals surface area contributed by atoms with Crippen LogP contribution in [0, 0.1) is 0 Å². The highest BCUT2D eigenvalue weighted by atomic mass is 16.5. The second-order valence-electron chi connectivity index (χ2n) is 3.82. The second kappa shape index (κ2) is 3.61. The van der Waals surface area contributed by atoms with E-state index in [1.807, 2.05) is 24.5 Å². The highest BCUT2D eigenvalue weighted by Gasteiger charge is 2.07. The van der Waals surface area contributed by atoms with Crippen LogP contribution in [-0.2, 0) is 11.3 Å². The van der Waals surface area contributed by atoms with Crippen molar-refractivity contribution in [1.29, 1.82) is 0 Å². The van der Waals surface area contributed by atoms with Crippen LogP contribution in [0.1, 0.15) is 5.56 Å². The average Bonchev–Trinajstić information content (AvgIpc) is 2.68. The molecule has 3 nitrogen and oxygen atoms in total. The van der Waals surface area contributed by atoms with Gasteiger partial charge in [-0.05, 0) is 6.07 Å². The maximum Gasteiger partial charge on any atom is 0.0734 e. The Hall–Kier alpha value is -1.87. The number of aromatic nitrogens is 2. The number of nitrogens with one attached hydrogen (secondary N) is 1. The standard InChI is InChI=1S/C13H12N2O/c1-16-8-9-6-14-7-12-13(9)10-4-2-3-5-11(10)15-12/h2-7,15H,8H2,1H3. The fourth-order valence-corrected chi connectivity index (χ4v) is 2.14. The zero-order chi connectivity index (χ0) is 11.0. The first-order valence-corrected chi connectivity index (χ1v) is 5.22. The van der Waals surface area contributed by atoms with Crippen molar-refractivity contribution in [3.05, 3.63) is 42.2 Å². The summed E-state index contributed by atoms with van der Waals surface area (Å²) in [4.78, 5) is 7.57. The molecule has 2 heterocycles. The van der Waals surface area contributed by atoms with Gasteiger partial charge in [0.15, 0.2) is 0 Å². The Morgan fingerprint density at radius 2 is 2.06 bits per heavy atom. The summed E-state index contributed by atoms with van der Waals surface area (Å²) in [6.07, 6.45) is 3.72. The molecular weight excluding hydrogens is 200 g/mol. The highest BCUT2D eigenvalue weighted by molar-refractivity contribution is 6.08. The minimum absolute atomic E-state index is 0.589. The Bertz CT molecular complexity index is 643. The summed E-state index contributed by atoms with van der Waals surface area (Å²) >= 11 is 0. The molecule has 1 N–H and O–H groups in total. The van der Waals surface area contributed by atoms with Gasteiger partial charge >= 0.3 is 0 Å². The molecule has 1 aromatic carbocycles. The molecule has 0 saturated carbocycles. The number of para-hydroxylation sites is 1. The van der Waals surface area contributed by atoms with Crippen molar-refractivity contribution in [3.63, 3.8) is 0 Å². The number of hydrogen-bond acceptors (Lipinski definition) is 2. The van der Waals surface area contributed by atoms with E-state index in [9.17, 15) is 0 Å². The van der Waals surface area contributed by atoms with Gasteiger partial charge in [0, 0.05) is 35.2 Å². The normalized spacial score (nSPS) is 11.3. The monoisotopic (exact) mass is 212 g/mol. The van der Waals surface area contributed by atoms with Gasteiger partial charge in [0.2, 0.25) is 0 Å². The van der Waals surface area contributed by atoms with E-state index in [2.05, 4.69) is 22.1 Å². The fourth-order valence-electron chi connectivity index (χ4n) is 2.14. The molecule has 0 radical (unpaired) electrons. The molecule has 0 unspecified atom stereocenters. The van der Waals surface area contributed by atoms with Crippen molar-refractivity contribution in [2.45, 2.75) is 6.61 Å². The Kier molecular flexibility index (Phi) is 2.11. The number of benzene rings is 1. The number of methoxy groups -OCH3 is 1. The quantitative estimate of drug-likeness (QED) is 0.709. The van der Waals surface area contributed by atoms with Crippen molar-refractivity contribution < 1.29 is 4.74 Å². The number of aromatic amines is 1. The van der Waals surface area contributed by atoms with E-state index in [4.69, 9.17) is 4.74 Å². The highest BCUT2D eigenvalue weighted by Crippen LogP contribution is 2.27. The van der Waals surface area contributed by atoms with Gasteiger partial charge in [-0.25, -0.2) is 0 Å². The van der Waals surface area contributed by atoms with E-state index in [0.29, 0.717) is 6.61 Å². The molecule has 0 fully saturated rings. The molecule has 0 aliphatic heterocycles. The van der Waals surface area contributed by atoms with Crippen LogP contribution in [0.2, 0.25) is 0 Å². The molecule has 0 amide bonds. The van der Waals surface area contributed by atoms with Gasteiger partial charge in [-0.2, -0.15) is 0 Å². The lowest BCUT2D eigenvalue weighted by atomic mass is 10.1. The molecule has 0 spiro atoms. The number of H-pyrrole nitrogens is 1. The molecule has 3 heteroatoms. The van der Waals surface area contributed by atoms with Gasteiger partial charge in [0.25, 0.3) is 0 Å². The zero-order valence-electron chi connectivity index (χ0n) is 9.03. The summed E-state index contributed by atoms with van der Waals surface area (Å²) in [5.41, 5.74) is 3.33. The largest absolute Gasteiger partial charge is 0.380 e. The molecule has 0 aliphatic carbocycles. The number of pyridine rings is 1. The number of ether oxygens (including phenoxy) is 1. The van der Waals surface area contributed by atoms with Gasteiger partial charge in [-0.3, -0.25) is 4.98 Å². The first-order chi connectivity index (χ1) is 7.90. The van der Waals surface area contributed by atoms with E-state index in [1.54, 1.807) is 7.11 Å². The lowest BCUT2D eigenvalue weighted by Crippen LogP contribution is -1.89. The smallest absolute Gasteiger partial charge is 0.0734 e. The third-order valence-corrected chi connectivity index (χ3v) is 2.79. The van der Waals surface area contributed by atoms with E-state index in [1.165, 1.54) is 10.8 Å². The number of fused-ring (bicyclic) bond motifs is 3. The van der Waals surface area contributed by atoms with Crippen LogP contribution < -0.4 is 0 Å². The maximum atomic E-state index is 5.20. The Morgan fingerprint density at radius 3 is 2.94 bits per heavy atom. The van der Waals surface area contributed by atoms with Crippen molar-refractivity contribution >= 4 is 21.8 Å². The molecule has 0 aliphatic rings. The topological polar surface area (TPSA) is 37.9 Å². The SMILES string of the molecule is COCc1cncc2[nH]c3ccccc3c12. The second-order valence-corrected chi connectivity index (χ2v) is 3.82. The summed E-state index contributed by atoms with van der Waals surface area (Å²) in [7, 11) is 1.70. The van der Waals surface area contributed by atoms with Gasteiger partial charge < -0.3 is 9.72 Å². The predicted molar refractivity (Wildman–Crippen MR) is 64.3 cm³/mol. The third-order valence-electron chi connectivity index (χ3n) is 2.79. The van der Waals surface area contributed by atoms with Crippen LogP contribution >= 0.6 is 0 Å². The van der Waals surface area contributed by atoms with Crippen LogP contribution in [0.25, 0.3) is 21.8 Å². The van der Waals surface area contributed by atoms with E-state index < -0.39 is 0 Å². The minimum atomic E-state index is 0.589. The Balaban J connectivity index is 2.43. The predicted octanol–water partition coefficient (Wildman–Crippen LogP) is 2.86. The molecule has 3 aromatic rings. The average molecular weight is 212 g/mol. The van der Waals surface area contributed by atoms with Crippen LogP contribution in [0.3, 0.4) is 0 Å². The number of hydrogen-bond donors (Lipinski definition) is 1. The molecule has 80 valence electrons. The lowest BCUT2D eigenvalue weighted by Gasteiger charge is -2.01. The summed E-state index contributed by atoms with van der Waals surface area (Å²) in [5.74, 6) is 0. The molecule has 0 atom stereocenters. The molecule has 2 aromatic heterocycles. The van der Waals surface area contributed by atoms with Crippen LogP contribution in [0.4, 0.5) is 0 Å². The maximum absolute atomic E-state index is 5.20. The van der Waals surface area contributed by atoms with E-state index in [0.717, 1.165) is 16.6 Å². The number of nitrogens with zero attached hydrogens (tertiary/aromatic N) is 1. The summed E-state index contributed by atoms with van der Waals surface area (Å²) in [5, 5.41) is 2.44. The van der Waals surface area contributed by atoms with Crippen molar-refractivity contribution in [2.24, 2.45) is 0 Å².